The third-order valence-corrected chi connectivity index (χ3v) is 3.82. The molecule has 1 heterocycles. The fraction of sp³-hybridized carbons (Fsp3) is 0.350. The van der Waals surface area contributed by atoms with Crippen LogP contribution < -0.4 is 10.6 Å². The lowest BCUT2D eigenvalue weighted by atomic mass is 9.85. The first-order chi connectivity index (χ1) is 12.6. The van der Waals surface area contributed by atoms with Crippen molar-refractivity contribution in [2.24, 2.45) is 0 Å². The number of hydrogen-bond donors (Lipinski definition) is 2. The van der Waals surface area contributed by atoms with E-state index in [4.69, 9.17) is 0 Å². The van der Waals surface area contributed by atoms with Crippen LogP contribution in [0.3, 0.4) is 0 Å². The smallest absolute Gasteiger partial charge is 0.260 e. The van der Waals surface area contributed by atoms with E-state index in [1.165, 1.54) is 18.3 Å². The summed E-state index contributed by atoms with van der Waals surface area (Å²) in [5, 5.41) is 5.55. The fourth-order valence-electron chi connectivity index (χ4n) is 2.61. The highest BCUT2D eigenvalue weighted by Gasteiger charge is 2.20. The van der Waals surface area contributed by atoms with Gasteiger partial charge in [0.2, 0.25) is 11.9 Å². The highest BCUT2D eigenvalue weighted by atomic mass is 19.1. The minimum Gasteiger partial charge on any atom is -0.325 e. The van der Waals surface area contributed by atoms with E-state index in [0.717, 1.165) is 5.56 Å². The van der Waals surface area contributed by atoms with E-state index in [2.05, 4.69) is 15.6 Å². The zero-order valence-corrected chi connectivity index (χ0v) is 16.3. The van der Waals surface area contributed by atoms with Crippen LogP contribution in [0.4, 0.5) is 15.8 Å². The quantitative estimate of drug-likeness (QED) is 0.790. The summed E-state index contributed by atoms with van der Waals surface area (Å²) in [7, 11) is 3.62. The van der Waals surface area contributed by atoms with Gasteiger partial charge in [-0.1, -0.05) is 26.8 Å². The molecule has 0 aliphatic carbocycles. The molecule has 0 radical (unpaired) electrons. The average molecular weight is 372 g/mol. The third kappa shape index (κ3) is 5.59. The summed E-state index contributed by atoms with van der Waals surface area (Å²) in [5.74, 6) is -1.59. The van der Waals surface area contributed by atoms with Crippen LogP contribution >= 0.6 is 0 Å². The first-order valence-corrected chi connectivity index (χ1v) is 8.59. The Kier molecular flexibility index (Phi) is 6.28. The SMILES string of the molecule is CN(C)CC(=O)Nc1cc(NC(=O)c2cccnc2F)ccc1C(C)(C)C. The Morgan fingerprint density at radius 2 is 1.85 bits per heavy atom. The number of benzene rings is 1. The molecule has 2 N–H and O–H groups in total. The average Bonchev–Trinajstić information content (AvgIpc) is 2.53. The maximum atomic E-state index is 13.7. The number of nitrogens with zero attached hydrogens (tertiary/aromatic N) is 2. The lowest BCUT2D eigenvalue weighted by Crippen LogP contribution is -2.28. The molecule has 144 valence electrons. The molecule has 0 saturated heterocycles. The topological polar surface area (TPSA) is 74.3 Å². The molecule has 0 unspecified atom stereocenters. The van der Waals surface area contributed by atoms with Gasteiger partial charge in [-0.25, -0.2) is 4.98 Å². The molecular weight excluding hydrogens is 347 g/mol. The molecule has 0 aliphatic rings. The van der Waals surface area contributed by atoms with Crippen LogP contribution in [0.15, 0.2) is 36.5 Å². The van der Waals surface area contributed by atoms with E-state index < -0.39 is 11.9 Å². The molecule has 6 nitrogen and oxygen atoms in total. The summed E-state index contributed by atoms with van der Waals surface area (Å²) in [6.45, 7) is 6.34. The second-order valence-corrected chi connectivity index (χ2v) is 7.59. The summed E-state index contributed by atoms with van der Waals surface area (Å²) in [5.41, 5.74) is 1.64. The number of pyridine rings is 1. The summed E-state index contributed by atoms with van der Waals surface area (Å²) in [6, 6.07) is 8.11. The van der Waals surface area contributed by atoms with Crippen molar-refractivity contribution in [3.63, 3.8) is 0 Å². The lowest BCUT2D eigenvalue weighted by molar-refractivity contribution is -0.116. The molecule has 1 aromatic carbocycles. The Labute approximate surface area is 158 Å². The number of carbonyl (C=O) groups excluding carboxylic acids is 2. The van der Waals surface area contributed by atoms with Crippen molar-refractivity contribution < 1.29 is 14.0 Å². The number of likely N-dealkylation sites (N-methyl/N-ethyl adjacent to an activating group) is 1. The molecule has 1 aromatic heterocycles. The minimum absolute atomic E-state index is 0.143. The number of anilines is 2. The predicted molar refractivity (Wildman–Crippen MR) is 104 cm³/mol. The Bertz CT molecular complexity index is 844. The first kappa shape index (κ1) is 20.5. The maximum absolute atomic E-state index is 13.7. The van der Waals surface area contributed by atoms with E-state index in [-0.39, 0.29) is 23.4 Å². The Morgan fingerprint density at radius 3 is 2.44 bits per heavy atom. The van der Waals surface area contributed by atoms with Crippen molar-refractivity contribution in [1.82, 2.24) is 9.88 Å². The Balaban J connectivity index is 2.30. The first-order valence-electron chi connectivity index (χ1n) is 8.59. The van der Waals surface area contributed by atoms with Gasteiger partial charge in [0.1, 0.15) is 0 Å². The second kappa shape index (κ2) is 8.26. The maximum Gasteiger partial charge on any atom is 0.260 e. The number of halogens is 1. The molecular formula is C20H25FN4O2. The standard InChI is InChI=1S/C20H25FN4O2/c1-20(2,3)15-9-8-13(11-16(15)24-17(26)12-25(4)5)23-19(27)14-7-6-10-22-18(14)21/h6-11H,12H2,1-5H3,(H,23,27)(H,24,26). The van der Waals surface area contributed by atoms with Crippen LogP contribution in [-0.4, -0.2) is 42.3 Å². The molecule has 0 aliphatic heterocycles. The molecule has 2 aromatic rings. The van der Waals surface area contributed by atoms with Crippen molar-refractivity contribution in [3.05, 3.63) is 53.6 Å². The molecule has 0 bridgehead atoms. The van der Waals surface area contributed by atoms with Crippen LogP contribution in [0.2, 0.25) is 0 Å². The van der Waals surface area contributed by atoms with Gasteiger partial charge in [-0.3, -0.25) is 9.59 Å². The lowest BCUT2D eigenvalue weighted by Gasteiger charge is -2.24. The van der Waals surface area contributed by atoms with Gasteiger partial charge < -0.3 is 15.5 Å². The summed E-state index contributed by atoms with van der Waals surface area (Å²) >= 11 is 0. The molecule has 27 heavy (non-hydrogen) atoms. The highest BCUT2D eigenvalue weighted by molar-refractivity contribution is 6.04. The second-order valence-electron chi connectivity index (χ2n) is 7.59. The van der Waals surface area contributed by atoms with Crippen molar-refractivity contribution in [2.45, 2.75) is 26.2 Å². The number of amides is 2. The van der Waals surface area contributed by atoms with E-state index >= 15 is 0 Å². The molecule has 0 fully saturated rings. The van der Waals surface area contributed by atoms with Crippen molar-refractivity contribution >= 4 is 23.2 Å². The number of rotatable bonds is 5. The van der Waals surface area contributed by atoms with Gasteiger partial charge >= 0.3 is 0 Å². The van der Waals surface area contributed by atoms with E-state index in [9.17, 15) is 14.0 Å². The highest BCUT2D eigenvalue weighted by Crippen LogP contribution is 2.32. The van der Waals surface area contributed by atoms with Crippen molar-refractivity contribution in [3.8, 4) is 0 Å². The molecule has 0 spiro atoms. The van der Waals surface area contributed by atoms with Crippen LogP contribution in [-0.2, 0) is 10.2 Å². The monoisotopic (exact) mass is 372 g/mol. The molecule has 0 atom stereocenters. The van der Waals surface area contributed by atoms with Gasteiger partial charge in [0.25, 0.3) is 5.91 Å². The number of aromatic nitrogens is 1. The van der Waals surface area contributed by atoms with Crippen LogP contribution in [0.5, 0.6) is 0 Å². The van der Waals surface area contributed by atoms with Gasteiger partial charge in [-0.2, -0.15) is 4.39 Å². The molecule has 7 heteroatoms. The van der Waals surface area contributed by atoms with E-state index in [1.807, 2.05) is 40.9 Å². The summed E-state index contributed by atoms with van der Waals surface area (Å²) < 4.78 is 13.7. The van der Waals surface area contributed by atoms with Crippen LogP contribution in [0, 0.1) is 5.95 Å². The molecule has 2 rings (SSSR count). The van der Waals surface area contributed by atoms with Crippen LogP contribution in [0.25, 0.3) is 0 Å². The van der Waals surface area contributed by atoms with Gasteiger partial charge in [-0.15, -0.1) is 0 Å². The van der Waals surface area contributed by atoms with Gasteiger partial charge in [-0.05, 0) is 49.3 Å². The summed E-state index contributed by atoms with van der Waals surface area (Å²) in [4.78, 5) is 29.8. The summed E-state index contributed by atoms with van der Waals surface area (Å²) in [6.07, 6.45) is 1.28. The molecule has 0 saturated carbocycles. The van der Waals surface area contributed by atoms with E-state index in [0.29, 0.717) is 11.4 Å². The van der Waals surface area contributed by atoms with Gasteiger partial charge in [0, 0.05) is 17.6 Å². The number of carbonyl (C=O) groups is 2. The number of nitrogens with one attached hydrogen (secondary N) is 2. The van der Waals surface area contributed by atoms with Gasteiger partial charge in [0.05, 0.1) is 12.1 Å². The van der Waals surface area contributed by atoms with Gasteiger partial charge in [0.15, 0.2) is 0 Å². The van der Waals surface area contributed by atoms with Crippen LogP contribution in [0.1, 0.15) is 36.7 Å². The van der Waals surface area contributed by atoms with Crippen molar-refractivity contribution in [2.75, 3.05) is 31.3 Å². The third-order valence-electron chi connectivity index (χ3n) is 3.82. The number of hydrogen-bond acceptors (Lipinski definition) is 4. The zero-order valence-electron chi connectivity index (χ0n) is 16.3. The molecule has 2 amide bonds. The van der Waals surface area contributed by atoms with E-state index in [1.54, 1.807) is 17.0 Å². The fourth-order valence-corrected chi connectivity index (χ4v) is 2.61. The van der Waals surface area contributed by atoms with Crippen molar-refractivity contribution in [1.29, 1.82) is 0 Å². The zero-order chi connectivity index (χ0) is 20.2. The Morgan fingerprint density at radius 1 is 1.15 bits per heavy atom. The largest absolute Gasteiger partial charge is 0.325 e. The Hall–Kier alpha value is -2.80. The minimum atomic E-state index is -0.833. The normalized spacial score (nSPS) is 11.4. The predicted octanol–water partition coefficient (Wildman–Crippen LogP) is 3.27.